The summed E-state index contributed by atoms with van der Waals surface area (Å²) in [6.07, 6.45) is 1.27. The Morgan fingerprint density at radius 1 is 1.18 bits per heavy atom. The van der Waals surface area contributed by atoms with Crippen molar-refractivity contribution in [1.29, 1.82) is 0 Å². The SMILES string of the molecule is CNc1cc(-c2c(F)ccc(C)c2F)ncn1. The summed E-state index contributed by atoms with van der Waals surface area (Å²) in [4.78, 5) is 7.79. The van der Waals surface area contributed by atoms with E-state index in [0.29, 0.717) is 11.4 Å². The van der Waals surface area contributed by atoms with Crippen molar-refractivity contribution in [1.82, 2.24) is 9.97 Å². The molecule has 0 saturated carbocycles. The number of nitrogens with zero attached hydrogens (tertiary/aromatic N) is 2. The molecule has 0 saturated heterocycles. The third-order valence-electron chi connectivity index (χ3n) is 2.46. The lowest BCUT2D eigenvalue weighted by molar-refractivity contribution is 0.582. The van der Waals surface area contributed by atoms with Crippen molar-refractivity contribution in [3.63, 3.8) is 0 Å². The molecule has 1 aromatic carbocycles. The molecule has 1 N–H and O–H groups in total. The van der Waals surface area contributed by atoms with Gasteiger partial charge in [0.1, 0.15) is 23.8 Å². The Kier molecular flexibility index (Phi) is 2.99. The van der Waals surface area contributed by atoms with Crippen molar-refractivity contribution in [2.75, 3.05) is 12.4 Å². The van der Waals surface area contributed by atoms with Gasteiger partial charge in [-0.15, -0.1) is 0 Å². The summed E-state index contributed by atoms with van der Waals surface area (Å²) in [5.74, 6) is -0.713. The highest BCUT2D eigenvalue weighted by molar-refractivity contribution is 5.64. The maximum atomic E-state index is 13.9. The van der Waals surface area contributed by atoms with Crippen LogP contribution in [0.1, 0.15) is 5.56 Å². The fourth-order valence-electron chi connectivity index (χ4n) is 1.52. The van der Waals surface area contributed by atoms with Gasteiger partial charge < -0.3 is 5.32 Å². The van der Waals surface area contributed by atoms with Gasteiger partial charge in [-0.3, -0.25) is 0 Å². The smallest absolute Gasteiger partial charge is 0.138 e. The maximum absolute atomic E-state index is 13.9. The van der Waals surface area contributed by atoms with E-state index in [1.165, 1.54) is 24.5 Å². The maximum Gasteiger partial charge on any atom is 0.138 e. The number of nitrogens with one attached hydrogen (secondary N) is 1. The topological polar surface area (TPSA) is 37.8 Å². The van der Waals surface area contributed by atoms with Gasteiger partial charge in [-0.1, -0.05) is 6.07 Å². The number of anilines is 1. The van der Waals surface area contributed by atoms with E-state index in [9.17, 15) is 8.78 Å². The van der Waals surface area contributed by atoms with Crippen molar-refractivity contribution in [2.45, 2.75) is 6.92 Å². The van der Waals surface area contributed by atoms with Gasteiger partial charge in [0.15, 0.2) is 0 Å². The molecule has 0 bridgehead atoms. The van der Waals surface area contributed by atoms with Crippen molar-refractivity contribution in [3.05, 3.63) is 41.7 Å². The van der Waals surface area contributed by atoms with Gasteiger partial charge >= 0.3 is 0 Å². The average molecular weight is 235 g/mol. The molecule has 0 aliphatic carbocycles. The van der Waals surface area contributed by atoms with Crippen LogP contribution in [0.25, 0.3) is 11.3 Å². The molecule has 0 amide bonds. The molecule has 0 unspecified atom stereocenters. The Labute approximate surface area is 97.5 Å². The van der Waals surface area contributed by atoms with E-state index < -0.39 is 11.6 Å². The Hall–Kier alpha value is -2.04. The summed E-state index contributed by atoms with van der Waals surface area (Å²) in [6.45, 7) is 1.58. The van der Waals surface area contributed by atoms with E-state index in [-0.39, 0.29) is 11.3 Å². The summed E-state index contributed by atoms with van der Waals surface area (Å²) in [5, 5.41) is 2.79. The van der Waals surface area contributed by atoms with Crippen LogP contribution in [-0.4, -0.2) is 17.0 Å². The minimum absolute atomic E-state index is 0.121. The standard InChI is InChI=1S/C12H11F2N3/c1-7-3-4-8(13)11(12(7)14)9-5-10(15-2)17-6-16-9/h3-6H,1-2H3,(H,15,16,17). The molecular formula is C12H11F2N3. The predicted octanol–water partition coefficient (Wildman–Crippen LogP) is 2.77. The van der Waals surface area contributed by atoms with Gasteiger partial charge in [0.05, 0.1) is 11.3 Å². The molecule has 17 heavy (non-hydrogen) atoms. The minimum Gasteiger partial charge on any atom is -0.373 e. The zero-order chi connectivity index (χ0) is 12.4. The molecule has 88 valence electrons. The second-order valence-corrected chi connectivity index (χ2v) is 3.59. The number of aryl methyl sites for hydroxylation is 1. The first-order valence-electron chi connectivity index (χ1n) is 5.08. The highest BCUT2D eigenvalue weighted by atomic mass is 19.1. The molecule has 0 fully saturated rings. The molecule has 3 nitrogen and oxygen atoms in total. The molecule has 0 aliphatic heterocycles. The number of aromatic nitrogens is 2. The van der Waals surface area contributed by atoms with Crippen LogP contribution < -0.4 is 5.32 Å². The summed E-state index contributed by atoms with van der Waals surface area (Å²) in [5.41, 5.74) is 0.484. The van der Waals surface area contributed by atoms with Crippen LogP contribution >= 0.6 is 0 Å². The summed E-state index contributed by atoms with van der Waals surface area (Å²) < 4.78 is 27.5. The highest BCUT2D eigenvalue weighted by Gasteiger charge is 2.15. The number of halogens is 2. The van der Waals surface area contributed by atoms with Crippen molar-refractivity contribution in [3.8, 4) is 11.3 Å². The van der Waals surface area contributed by atoms with Crippen LogP contribution in [0, 0.1) is 18.6 Å². The van der Waals surface area contributed by atoms with Crippen LogP contribution in [0.3, 0.4) is 0 Å². The zero-order valence-corrected chi connectivity index (χ0v) is 9.46. The molecule has 1 heterocycles. The fraction of sp³-hybridized carbons (Fsp3) is 0.167. The van der Waals surface area contributed by atoms with Crippen LogP contribution in [0.15, 0.2) is 24.5 Å². The molecule has 0 radical (unpaired) electrons. The summed E-state index contributed by atoms with van der Waals surface area (Å²) in [7, 11) is 1.68. The Morgan fingerprint density at radius 3 is 2.65 bits per heavy atom. The molecule has 1 aromatic heterocycles. The lowest BCUT2D eigenvalue weighted by atomic mass is 10.1. The molecule has 5 heteroatoms. The molecule has 0 spiro atoms. The lowest BCUT2D eigenvalue weighted by Gasteiger charge is -2.07. The van der Waals surface area contributed by atoms with E-state index in [4.69, 9.17) is 0 Å². The molecular weight excluding hydrogens is 224 g/mol. The molecule has 2 rings (SSSR count). The van der Waals surface area contributed by atoms with Gasteiger partial charge in [-0.2, -0.15) is 0 Å². The lowest BCUT2D eigenvalue weighted by Crippen LogP contribution is -1.98. The zero-order valence-electron chi connectivity index (χ0n) is 9.46. The quantitative estimate of drug-likeness (QED) is 0.869. The van der Waals surface area contributed by atoms with E-state index in [1.807, 2.05) is 0 Å². The normalized spacial score (nSPS) is 10.4. The van der Waals surface area contributed by atoms with Crippen LogP contribution in [0.5, 0.6) is 0 Å². The third kappa shape index (κ3) is 2.08. The van der Waals surface area contributed by atoms with Crippen LogP contribution in [0.4, 0.5) is 14.6 Å². The van der Waals surface area contributed by atoms with E-state index >= 15 is 0 Å². The first-order valence-corrected chi connectivity index (χ1v) is 5.08. The van der Waals surface area contributed by atoms with Crippen molar-refractivity contribution < 1.29 is 8.78 Å². The Morgan fingerprint density at radius 2 is 1.94 bits per heavy atom. The minimum atomic E-state index is -0.631. The Bertz CT molecular complexity index is 555. The van der Waals surface area contributed by atoms with Gasteiger partial charge in [-0.25, -0.2) is 18.7 Å². The first kappa shape index (κ1) is 11.4. The van der Waals surface area contributed by atoms with Gasteiger partial charge in [-0.05, 0) is 18.6 Å². The molecule has 0 atom stereocenters. The van der Waals surface area contributed by atoms with Crippen LogP contribution in [-0.2, 0) is 0 Å². The monoisotopic (exact) mass is 235 g/mol. The molecule has 0 aliphatic rings. The van der Waals surface area contributed by atoms with Gasteiger partial charge in [0.2, 0.25) is 0 Å². The number of hydrogen-bond acceptors (Lipinski definition) is 3. The average Bonchev–Trinajstić information content (AvgIpc) is 2.35. The highest BCUT2D eigenvalue weighted by Crippen LogP contribution is 2.27. The van der Waals surface area contributed by atoms with Crippen LogP contribution in [0.2, 0.25) is 0 Å². The number of rotatable bonds is 2. The number of hydrogen-bond donors (Lipinski definition) is 1. The Balaban J connectivity index is 2.63. The van der Waals surface area contributed by atoms with E-state index in [1.54, 1.807) is 14.0 Å². The summed E-state index contributed by atoms with van der Waals surface area (Å²) >= 11 is 0. The van der Waals surface area contributed by atoms with Gasteiger partial charge in [0.25, 0.3) is 0 Å². The van der Waals surface area contributed by atoms with E-state index in [2.05, 4.69) is 15.3 Å². The second kappa shape index (κ2) is 4.45. The number of benzene rings is 1. The fourth-order valence-corrected chi connectivity index (χ4v) is 1.52. The first-order chi connectivity index (χ1) is 8.13. The molecule has 2 aromatic rings. The summed E-state index contributed by atoms with van der Waals surface area (Å²) in [6, 6.07) is 4.13. The van der Waals surface area contributed by atoms with Crippen molar-refractivity contribution in [2.24, 2.45) is 0 Å². The van der Waals surface area contributed by atoms with Crippen molar-refractivity contribution >= 4 is 5.82 Å². The largest absolute Gasteiger partial charge is 0.373 e. The second-order valence-electron chi connectivity index (χ2n) is 3.59. The third-order valence-corrected chi connectivity index (χ3v) is 2.46. The van der Waals surface area contributed by atoms with Gasteiger partial charge in [0, 0.05) is 13.1 Å². The predicted molar refractivity (Wildman–Crippen MR) is 61.7 cm³/mol. The van der Waals surface area contributed by atoms with E-state index in [0.717, 1.165) is 0 Å².